The molecule has 3 rings (SSSR count). The first kappa shape index (κ1) is 19.6. The molecule has 1 aliphatic rings. The maximum absolute atomic E-state index is 9.01. The van der Waals surface area contributed by atoms with E-state index in [0.717, 1.165) is 29.7 Å². The van der Waals surface area contributed by atoms with Crippen LogP contribution < -0.4 is 15.2 Å². The molecule has 1 fully saturated rings. The van der Waals surface area contributed by atoms with Crippen LogP contribution in [-0.4, -0.2) is 24.3 Å². The standard InChI is InChI=1S/C23H26N2O3/c1-27-21-14-13-18(15-22(21)28-20-9-5-6-10-20)19(16-23(24)25-26)12-11-17-7-3-2-4-8-17/h2-4,7-8,13-15,19-20,26H,5-6,9-10,16H2,1H3,(H2,24,25). The molecule has 5 heteroatoms. The highest BCUT2D eigenvalue weighted by atomic mass is 16.5. The molecule has 1 saturated carbocycles. The van der Waals surface area contributed by atoms with E-state index >= 15 is 0 Å². The zero-order valence-corrected chi connectivity index (χ0v) is 16.1. The quantitative estimate of drug-likeness (QED) is 0.258. The molecule has 0 saturated heterocycles. The average molecular weight is 378 g/mol. The van der Waals surface area contributed by atoms with Crippen LogP contribution in [0.15, 0.2) is 53.7 Å². The fraction of sp³-hybridized carbons (Fsp3) is 0.348. The predicted octanol–water partition coefficient (Wildman–Crippen LogP) is 4.29. The zero-order valence-electron chi connectivity index (χ0n) is 16.1. The minimum absolute atomic E-state index is 0.140. The lowest BCUT2D eigenvalue weighted by molar-refractivity contribution is 0.200. The van der Waals surface area contributed by atoms with Crippen molar-refractivity contribution in [2.45, 2.75) is 44.1 Å². The van der Waals surface area contributed by atoms with Crippen LogP contribution in [-0.2, 0) is 0 Å². The van der Waals surface area contributed by atoms with Gasteiger partial charge in [-0.15, -0.1) is 0 Å². The number of hydrogen-bond donors (Lipinski definition) is 2. The van der Waals surface area contributed by atoms with Crippen molar-refractivity contribution in [1.82, 2.24) is 0 Å². The molecule has 0 aliphatic heterocycles. The number of oxime groups is 1. The summed E-state index contributed by atoms with van der Waals surface area (Å²) in [5.41, 5.74) is 7.65. The van der Waals surface area contributed by atoms with Crippen LogP contribution in [0.25, 0.3) is 0 Å². The molecule has 0 heterocycles. The number of nitrogens with two attached hydrogens (primary N) is 1. The van der Waals surface area contributed by atoms with Crippen LogP contribution in [0.4, 0.5) is 0 Å². The lowest BCUT2D eigenvalue weighted by Gasteiger charge is -2.18. The molecule has 2 aromatic rings. The fourth-order valence-electron chi connectivity index (χ4n) is 3.38. The molecule has 3 N–H and O–H groups in total. The van der Waals surface area contributed by atoms with Crippen molar-refractivity contribution in [2.24, 2.45) is 10.9 Å². The number of nitrogens with zero attached hydrogens (tertiary/aromatic N) is 1. The van der Waals surface area contributed by atoms with E-state index in [4.69, 9.17) is 20.4 Å². The molecular weight excluding hydrogens is 352 g/mol. The molecule has 0 bridgehead atoms. The first-order valence-electron chi connectivity index (χ1n) is 9.57. The second-order valence-electron chi connectivity index (χ2n) is 6.92. The third-order valence-electron chi connectivity index (χ3n) is 4.89. The molecule has 1 atom stereocenters. The number of methoxy groups -OCH3 is 1. The fourth-order valence-corrected chi connectivity index (χ4v) is 3.38. The molecule has 0 amide bonds. The Morgan fingerprint density at radius 2 is 1.93 bits per heavy atom. The van der Waals surface area contributed by atoms with Crippen molar-refractivity contribution in [2.75, 3.05) is 7.11 Å². The van der Waals surface area contributed by atoms with E-state index in [1.165, 1.54) is 12.8 Å². The monoisotopic (exact) mass is 378 g/mol. The minimum atomic E-state index is -0.229. The molecule has 5 nitrogen and oxygen atoms in total. The predicted molar refractivity (Wildman–Crippen MR) is 110 cm³/mol. The molecule has 2 aromatic carbocycles. The third-order valence-corrected chi connectivity index (χ3v) is 4.89. The smallest absolute Gasteiger partial charge is 0.161 e. The molecular formula is C23H26N2O3. The van der Waals surface area contributed by atoms with Crippen molar-refractivity contribution in [1.29, 1.82) is 0 Å². The van der Waals surface area contributed by atoms with Gasteiger partial charge in [-0.05, 0) is 55.5 Å². The van der Waals surface area contributed by atoms with E-state index in [1.807, 2.05) is 48.5 Å². The minimum Gasteiger partial charge on any atom is -0.493 e. The van der Waals surface area contributed by atoms with E-state index in [1.54, 1.807) is 7.11 Å². The van der Waals surface area contributed by atoms with Gasteiger partial charge < -0.3 is 20.4 Å². The van der Waals surface area contributed by atoms with Crippen LogP contribution in [0.2, 0.25) is 0 Å². The lowest BCUT2D eigenvalue weighted by atomic mass is 9.95. The van der Waals surface area contributed by atoms with Gasteiger partial charge in [0, 0.05) is 12.0 Å². The van der Waals surface area contributed by atoms with E-state index in [9.17, 15) is 0 Å². The van der Waals surface area contributed by atoms with Gasteiger partial charge >= 0.3 is 0 Å². The maximum atomic E-state index is 9.01. The summed E-state index contributed by atoms with van der Waals surface area (Å²) in [4.78, 5) is 0. The molecule has 0 radical (unpaired) electrons. The van der Waals surface area contributed by atoms with Gasteiger partial charge in [-0.25, -0.2) is 0 Å². The van der Waals surface area contributed by atoms with Gasteiger partial charge in [-0.2, -0.15) is 0 Å². The Kier molecular flexibility index (Phi) is 6.80. The van der Waals surface area contributed by atoms with E-state index in [0.29, 0.717) is 12.2 Å². The number of rotatable bonds is 6. The van der Waals surface area contributed by atoms with Crippen LogP contribution in [0, 0.1) is 11.8 Å². The van der Waals surface area contributed by atoms with Crippen molar-refractivity contribution >= 4 is 5.84 Å². The summed E-state index contributed by atoms with van der Waals surface area (Å²) in [6.45, 7) is 0. The zero-order chi connectivity index (χ0) is 19.8. The van der Waals surface area contributed by atoms with Gasteiger partial charge in [0.25, 0.3) is 0 Å². The summed E-state index contributed by atoms with van der Waals surface area (Å²) in [5, 5.41) is 12.1. The van der Waals surface area contributed by atoms with Gasteiger partial charge in [0.1, 0.15) is 5.84 Å². The van der Waals surface area contributed by atoms with E-state index in [-0.39, 0.29) is 17.9 Å². The Balaban J connectivity index is 1.91. The SMILES string of the molecule is COc1ccc(C(C#Cc2ccccc2)CC(N)=NO)cc1OC1CCCC1. The topological polar surface area (TPSA) is 77.1 Å². The molecule has 0 aromatic heterocycles. The highest BCUT2D eigenvalue weighted by Gasteiger charge is 2.20. The third kappa shape index (κ3) is 5.20. The van der Waals surface area contributed by atoms with Crippen molar-refractivity contribution < 1.29 is 14.7 Å². The van der Waals surface area contributed by atoms with E-state index in [2.05, 4.69) is 17.0 Å². The summed E-state index contributed by atoms with van der Waals surface area (Å²) in [6, 6.07) is 15.6. The summed E-state index contributed by atoms with van der Waals surface area (Å²) < 4.78 is 11.7. The highest BCUT2D eigenvalue weighted by molar-refractivity contribution is 5.81. The number of ether oxygens (including phenoxy) is 2. The number of hydrogen-bond acceptors (Lipinski definition) is 4. The summed E-state index contributed by atoms with van der Waals surface area (Å²) in [7, 11) is 1.64. The van der Waals surface area contributed by atoms with Crippen LogP contribution in [0.3, 0.4) is 0 Å². The Morgan fingerprint density at radius 3 is 2.61 bits per heavy atom. The van der Waals surface area contributed by atoms with Crippen molar-refractivity contribution in [3.63, 3.8) is 0 Å². The van der Waals surface area contributed by atoms with Gasteiger partial charge in [0.15, 0.2) is 11.5 Å². The molecule has 1 aliphatic carbocycles. The largest absolute Gasteiger partial charge is 0.493 e. The van der Waals surface area contributed by atoms with Crippen LogP contribution >= 0.6 is 0 Å². The lowest BCUT2D eigenvalue weighted by Crippen LogP contribution is -2.16. The second kappa shape index (κ2) is 9.70. The van der Waals surface area contributed by atoms with Gasteiger partial charge in [-0.1, -0.05) is 41.3 Å². The van der Waals surface area contributed by atoms with Crippen molar-refractivity contribution in [3.05, 3.63) is 59.7 Å². The first-order valence-corrected chi connectivity index (χ1v) is 9.57. The number of benzene rings is 2. The molecule has 0 spiro atoms. The average Bonchev–Trinajstić information content (AvgIpc) is 3.24. The number of amidine groups is 1. The first-order chi connectivity index (χ1) is 13.7. The van der Waals surface area contributed by atoms with Crippen LogP contribution in [0.1, 0.15) is 49.1 Å². The normalized spacial score (nSPS) is 15.5. The Hall–Kier alpha value is -3.13. The highest BCUT2D eigenvalue weighted by Crippen LogP contribution is 2.35. The Morgan fingerprint density at radius 1 is 1.18 bits per heavy atom. The van der Waals surface area contributed by atoms with Crippen LogP contribution in [0.5, 0.6) is 11.5 Å². The second-order valence-corrected chi connectivity index (χ2v) is 6.92. The Labute approximate surface area is 166 Å². The molecule has 28 heavy (non-hydrogen) atoms. The maximum Gasteiger partial charge on any atom is 0.161 e. The molecule has 146 valence electrons. The van der Waals surface area contributed by atoms with Crippen molar-refractivity contribution in [3.8, 4) is 23.3 Å². The van der Waals surface area contributed by atoms with Gasteiger partial charge in [0.2, 0.25) is 0 Å². The van der Waals surface area contributed by atoms with Gasteiger partial charge in [0.05, 0.1) is 19.1 Å². The molecule has 1 unspecified atom stereocenters. The summed E-state index contributed by atoms with van der Waals surface area (Å²) in [6.07, 6.45) is 5.07. The summed E-state index contributed by atoms with van der Waals surface area (Å²) in [5.74, 6) is 7.77. The summed E-state index contributed by atoms with van der Waals surface area (Å²) >= 11 is 0. The van der Waals surface area contributed by atoms with E-state index < -0.39 is 0 Å². The van der Waals surface area contributed by atoms with Gasteiger partial charge in [-0.3, -0.25) is 0 Å². The Bertz CT molecular complexity index is 862.